The highest BCUT2D eigenvalue weighted by Crippen LogP contribution is 2.18. The minimum atomic E-state index is -0.797. The summed E-state index contributed by atoms with van der Waals surface area (Å²) < 4.78 is 10.1. The third kappa shape index (κ3) is 4.57. The van der Waals surface area contributed by atoms with Crippen molar-refractivity contribution < 1.29 is 19.2 Å². The van der Waals surface area contributed by atoms with E-state index in [-0.39, 0.29) is 23.5 Å². The van der Waals surface area contributed by atoms with Gasteiger partial charge >= 0.3 is 6.16 Å². The van der Waals surface area contributed by atoms with Crippen LogP contribution in [0.2, 0.25) is 0 Å². The second-order valence-electron chi connectivity index (χ2n) is 4.41. The van der Waals surface area contributed by atoms with Gasteiger partial charge in [0, 0.05) is 12.1 Å². The first-order chi connectivity index (χ1) is 8.93. The largest absolute Gasteiger partial charge is 0.514 e. The van der Waals surface area contributed by atoms with E-state index in [1.165, 1.54) is 24.3 Å². The smallest absolute Gasteiger partial charge is 0.430 e. The quantitative estimate of drug-likeness (QED) is 0.353. The molecule has 0 radical (unpaired) electrons. The zero-order chi connectivity index (χ0) is 14.4. The molecular weight excluding hydrogens is 250 g/mol. The SMILES string of the molecule is CCC(OC(=O)Oc1ccc([N+](=O)[O-])cc1)C(C)C. The van der Waals surface area contributed by atoms with Crippen molar-refractivity contribution >= 4 is 11.8 Å². The van der Waals surface area contributed by atoms with Crippen LogP contribution in [0.1, 0.15) is 27.2 Å². The fourth-order valence-electron chi connectivity index (χ4n) is 1.57. The maximum Gasteiger partial charge on any atom is 0.514 e. The van der Waals surface area contributed by atoms with E-state index in [4.69, 9.17) is 9.47 Å². The Morgan fingerprint density at radius 3 is 2.32 bits per heavy atom. The average molecular weight is 267 g/mol. The maximum absolute atomic E-state index is 11.5. The lowest BCUT2D eigenvalue weighted by Gasteiger charge is -2.18. The number of ether oxygens (including phenoxy) is 2. The van der Waals surface area contributed by atoms with Crippen molar-refractivity contribution in [2.24, 2.45) is 5.92 Å². The molecule has 0 spiro atoms. The van der Waals surface area contributed by atoms with Gasteiger partial charge in [0.2, 0.25) is 0 Å². The Bertz CT molecular complexity index is 441. The maximum atomic E-state index is 11.5. The number of non-ortho nitro benzene ring substituents is 1. The lowest BCUT2D eigenvalue weighted by Crippen LogP contribution is -2.24. The fraction of sp³-hybridized carbons (Fsp3) is 0.462. The van der Waals surface area contributed by atoms with Crippen LogP contribution in [0.15, 0.2) is 24.3 Å². The molecule has 0 amide bonds. The molecule has 0 aliphatic rings. The van der Waals surface area contributed by atoms with E-state index in [9.17, 15) is 14.9 Å². The molecule has 1 atom stereocenters. The number of benzene rings is 1. The molecule has 1 rings (SSSR count). The summed E-state index contributed by atoms with van der Waals surface area (Å²) in [6.45, 7) is 5.82. The zero-order valence-corrected chi connectivity index (χ0v) is 11.2. The van der Waals surface area contributed by atoms with Crippen LogP contribution >= 0.6 is 0 Å². The van der Waals surface area contributed by atoms with E-state index in [0.717, 1.165) is 0 Å². The summed E-state index contributed by atoms with van der Waals surface area (Å²) in [5, 5.41) is 10.5. The van der Waals surface area contributed by atoms with Gasteiger partial charge in [-0.2, -0.15) is 0 Å². The molecule has 0 heterocycles. The zero-order valence-electron chi connectivity index (χ0n) is 11.2. The fourth-order valence-corrected chi connectivity index (χ4v) is 1.57. The summed E-state index contributed by atoms with van der Waals surface area (Å²) in [6, 6.07) is 5.25. The molecule has 0 aliphatic carbocycles. The van der Waals surface area contributed by atoms with Crippen molar-refractivity contribution in [2.45, 2.75) is 33.3 Å². The molecule has 0 bridgehead atoms. The van der Waals surface area contributed by atoms with Gasteiger partial charge in [0.1, 0.15) is 11.9 Å². The van der Waals surface area contributed by atoms with Crippen LogP contribution in [0.3, 0.4) is 0 Å². The lowest BCUT2D eigenvalue weighted by atomic mass is 10.1. The topological polar surface area (TPSA) is 78.7 Å². The highest BCUT2D eigenvalue weighted by molar-refractivity contribution is 5.64. The van der Waals surface area contributed by atoms with Crippen molar-refractivity contribution in [3.05, 3.63) is 34.4 Å². The van der Waals surface area contributed by atoms with E-state index in [1.54, 1.807) is 0 Å². The van der Waals surface area contributed by atoms with E-state index >= 15 is 0 Å². The molecule has 0 saturated heterocycles. The van der Waals surface area contributed by atoms with Crippen LogP contribution in [0.25, 0.3) is 0 Å². The summed E-state index contributed by atoms with van der Waals surface area (Å²) in [5.41, 5.74) is -0.0608. The Hall–Kier alpha value is -2.11. The van der Waals surface area contributed by atoms with E-state index in [0.29, 0.717) is 6.42 Å². The number of carbonyl (C=O) groups is 1. The molecule has 1 aromatic carbocycles. The van der Waals surface area contributed by atoms with Gasteiger partial charge in [-0.1, -0.05) is 20.8 Å². The van der Waals surface area contributed by atoms with E-state index in [1.807, 2.05) is 20.8 Å². The Kier molecular flexibility index (Phi) is 5.29. The molecular formula is C13H17NO5. The molecule has 1 aromatic rings. The third-order valence-electron chi connectivity index (χ3n) is 2.64. The predicted molar refractivity (Wildman–Crippen MR) is 69.1 cm³/mol. The molecule has 0 aliphatic heterocycles. The average Bonchev–Trinajstić information content (AvgIpc) is 2.36. The molecule has 0 fully saturated rings. The first-order valence-electron chi connectivity index (χ1n) is 6.07. The normalized spacial score (nSPS) is 12.0. The minimum Gasteiger partial charge on any atom is -0.430 e. The van der Waals surface area contributed by atoms with Crippen molar-refractivity contribution in [1.82, 2.24) is 0 Å². The molecule has 0 aromatic heterocycles. The highest BCUT2D eigenvalue weighted by Gasteiger charge is 2.18. The summed E-state index contributed by atoms with van der Waals surface area (Å²) >= 11 is 0. The molecule has 6 nitrogen and oxygen atoms in total. The Morgan fingerprint density at radius 1 is 1.32 bits per heavy atom. The number of nitro groups is 1. The van der Waals surface area contributed by atoms with Crippen molar-refractivity contribution in [1.29, 1.82) is 0 Å². The summed E-state index contributed by atoms with van der Waals surface area (Å²) in [6.07, 6.45) is -0.299. The molecule has 0 saturated carbocycles. The van der Waals surface area contributed by atoms with Crippen molar-refractivity contribution in [2.75, 3.05) is 0 Å². The number of rotatable bonds is 5. The summed E-state index contributed by atoms with van der Waals surface area (Å²) in [7, 11) is 0. The van der Waals surface area contributed by atoms with Crippen molar-refractivity contribution in [3.63, 3.8) is 0 Å². The Balaban J connectivity index is 2.59. The Labute approximate surface area is 111 Å². The van der Waals surface area contributed by atoms with Gasteiger partial charge in [-0.05, 0) is 24.5 Å². The summed E-state index contributed by atoms with van der Waals surface area (Å²) in [4.78, 5) is 21.5. The lowest BCUT2D eigenvalue weighted by molar-refractivity contribution is -0.384. The molecule has 104 valence electrons. The van der Waals surface area contributed by atoms with E-state index in [2.05, 4.69) is 0 Å². The molecule has 6 heteroatoms. The molecule has 1 unspecified atom stereocenters. The Morgan fingerprint density at radius 2 is 1.89 bits per heavy atom. The number of carbonyl (C=O) groups excluding carboxylic acids is 1. The molecule has 0 N–H and O–H groups in total. The minimum absolute atomic E-state index is 0.0608. The monoisotopic (exact) mass is 267 g/mol. The van der Waals surface area contributed by atoms with Gasteiger partial charge in [-0.15, -0.1) is 0 Å². The standard InChI is InChI=1S/C13H17NO5/c1-4-12(9(2)3)19-13(15)18-11-7-5-10(6-8-11)14(16)17/h5-9,12H,4H2,1-3H3. The highest BCUT2D eigenvalue weighted by atomic mass is 16.7. The van der Waals surface area contributed by atoms with Gasteiger partial charge < -0.3 is 9.47 Å². The second-order valence-corrected chi connectivity index (χ2v) is 4.41. The predicted octanol–water partition coefficient (Wildman–Crippen LogP) is 3.54. The van der Waals surface area contributed by atoms with Gasteiger partial charge in [0.25, 0.3) is 5.69 Å². The van der Waals surface area contributed by atoms with Crippen LogP contribution in [0.5, 0.6) is 5.75 Å². The van der Waals surface area contributed by atoms with Crippen LogP contribution in [-0.2, 0) is 4.74 Å². The number of nitrogens with zero attached hydrogens (tertiary/aromatic N) is 1. The number of nitro benzene ring substituents is 1. The van der Waals surface area contributed by atoms with Crippen LogP contribution in [0, 0.1) is 16.0 Å². The first-order valence-corrected chi connectivity index (χ1v) is 6.07. The van der Waals surface area contributed by atoms with Crippen LogP contribution in [0.4, 0.5) is 10.5 Å². The second kappa shape index (κ2) is 6.72. The summed E-state index contributed by atoms with van der Waals surface area (Å²) in [5.74, 6) is 0.420. The third-order valence-corrected chi connectivity index (χ3v) is 2.64. The van der Waals surface area contributed by atoms with Gasteiger partial charge in [0.05, 0.1) is 4.92 Å². The van der Waals surface area contributed by atoms with Crippen LogP contribution < -0.4 is 4.74 Å². The van der Waals surface area contributed by atoms with Crippen molar-refractivity contribution in [3.8, 4) is 5.75 Å². The molecule has 19 heavy (non-hydrogen) atoms. The van der Waals surface area contributed by atoms with E-state index < -0.39 is 11.1 Å². The van der Waals surface area contributed by atoms with Crippen LogP contribution in [-0.4, -0.2) is 17.2 Å². The van der Waals surface area contributed by atoms with Gasteiger partial charge in [0.15, 0.2) is 0 Å². The van der Waals surface area contributed by atoms with Gasteiger partial charge in [-0.25, -0.2) is 4.79 Å². The van der Waals surface area contributed by atoms with Gasteiger partial charge in [-0.3, -0.25) is 10.1 Å². The first kappa shape index (κ1) is 14.9. The number of hydrogen-bond acceptors (Lipinski definition) is 5. The number of hydrogen-bond donors (Lipinski definition) is 0.